The summed E-state index contributed by atoms with van der Waals surface area (Å²) in [5.41, 5.74) is 0. The fraction of sp³-hybridized carbons (Fsp3) is 0.429. The van der Waals surface area contributed by atoms with Crippen LogP contribution in [0.3, 0.4) is 0 Å². The fourth-order valence-corrected chi connectivity index (χ4v) is 0.841. The molecule has 76 valence electrons. The van der Waals surface area contributed by atoms with Crippen LogP contribution in [0.5, 0.6) is 0 Å². The summed E-state index contributed by atoms with van der Waals surface area (Å²) < 4.78 is 4.40. The van der Waals surface area contributed by atoms with E-state index in [1.165, 1.54) is 14.0 Å². The largest absolute Gasteiger partial charge is 0.467 e. The number of carbonyl (C=O) groups excluding carboxylic acids is 3. The molecule has 0 aromatic rings. The molecule has 0 aromatic carbocycles. The minimum absolute atomic E-state index is 0.0297. The lowest BCUT2D eigenvalue weighted by Crippen LogP contribution is -2.29. The van der Waals surface area contributed by atoms with Crippen molar-refractivity contribution in [2.45, 2.75) is 13.0 Å². The van der Waals surface area contributed by atoms with E-state index >= 15 is 0 Å². The van der Waals surface area contributed by atoms with E-state index in [1.54, 1.807) is 0 Å². The summed E-state index contributed by atoms with van der Waals surface area (Å²) in [6.45, 7) is 1.48. The predicted molar refractivity (Wildman–Crippen MR) is 45.2 cm³/mol. The molecule has 0 bridgehead atoms. The van der Waals surface area contributed by atoms with Crippen LogP contribution in [0, 0.1) is 0 Å². The summed E-state index contributed by atoms with van der Waals surface area (Å²) in [6, 6.07) is -0.770. The van der Waals surface area contributed by atoms with Gasteiger partial charge >= 0.3 is 17.8 Å². The molecule has 1 unspecified atom stereocenters. The minimum atomic E-state index is -0.791. The lowest BCUT2D eigenvalue weighted by Gasteiger charge is -2.03. The Balaban J connectivity index is 2.66. The van der Waals surface area contributed by atoms with Gasteiger partial charge in [-0.1, -0.05) is 0 Å². The van der Waals surface area contributed by atoms with E-state index in [0.717, 1.165) is 0 Å². The lowest BCUT2D eigenvalue weighted by molar-refractivity contribution is -0.141. The van der Waals surface area contributed by atoms with Crippen molar-refractivity contribution in [1.82, 2.24) is 10.6 Å². The van der Waals surface area contributed by atoms with Crippen LogP contribution in [0.4, 0.5) is 0 Å². The standard InChI is InChI=1S/C7H9N3O4/c1-3(6(13)14-2)8-7-9-4(11)5(12)10-7/h3H,1-2H3,(H2,8,9,10,11,12). The lowest BCUT2D eigenvalue weighted by atomic mass is 10.4. The monoisotopic (exact) mass is 199 g/mol. The Kier molecular flexibility index (Phi) is 2.80. The van der Waals surface area contributed by atoms with Gasteiger partial charge in [-0.3, -0.25) is 20.2 Å². The van der Waals surface area contributed by atoms with Crippen molar-refractivity contribution in [3.8, 4) is 0 Å². The van der Waals surface area contributed by atoms with Crippen LogP contribution in [-0.2, 0) is 19.1 Å². The van der Waals surface area contributed by atoms with E-state index in [4.69, 9.17) is 0 Å². The van der Waals surface area contributed by atoms with E-state index in [2.05, 4.69) is 20.4 Å². The van der Waals surface area contributed by atoms with Gasteiger partial charge in [0, 0.05) is 0 Å². The van der Waals surface area contributed by atoms with E-state index in [-0.39, 0.29) is 5.96 Å². The van der Waals surface area contributed by atoms with Crippen LogP contribution >= 0.6 is 0 Å². The van der Waals surface area contributed by atoms with Crippen LogP contribution < -0.4 is 10.6 Å². The summed E-state index contributed by atoms with van der Waals surface area (Å²) in [5.74, 6) is -2.16. The summed E-state index contributed by atoms with van der Waals surface area (Å²) in [4.78, 5) is 36.0. The fourth-order valence-electron chi connectivity index (χ4n) is 0.841. The van der Waals surface area contributed by atoms with E-state index in [9.17, 15) is 14.4 Å². The highest BCUT2D eigenvalue weighted by Gasteiger charge is 2.26. The molecule has 1 aliphatic heterocycles. The first kappa shape index (κ1) is 10.2. The molecule has 2 N–H and O–H groups in total. The molecule has 0 radical (unpaired) electrons. The number of hydrogen-bond acceptors (Lipinski definition) is 5. The Labute approximate surface area is 79.5 Å². The van der Waals surface area contributed by atoms with Gasteiger partial charge in [-0.25, -0.2) is 9.79 Å². The maximum atomic E-state index is 10.9. The van der Waals surface area contributed by atoms with Crippen LogP contribution in [-0.4, -0.2) is 36.9 Å². The molecule has 1 aliphatic rings. The molecule has 7 nitrogen and oxygen atoms in total. The number of nitrogens with one attached hydrogen (secondary N) is 2. The van der Waals surface area contributed by atoms with Crippen molar-refractivity contribution in [1.29, 1.82) is 0 Å². The van der Waals surface area contributed by atoms with Crippen molar-refractivity contribution in [2.75, 3.05) is 7.11 Å². The molecule has 1 saturated heterocycles. The van der Waals surface area contributed by atoms with Crippen LogP contribution in [0.1, 0.15) is 6.92 Å². The first-order valence-electron chi connectivity index (χ1n) is 3.82. The molecule has 1 rings (SSSR count). The molecular weight excluding hydrogens is 190 g/mol. The second-order valence-electron chi connectivity index (χ2n) is 2.59. The Morgan fingerprint density at radius 3 is 2.29 bits per heavy atom. The third-order valence-electron chi connectivity index (χ3n) is 1.54. The summed E-state index contributed by atoms with van der Waals surface area (Å²) in [6.07, 6.45) is 0. The highest BCUT2D eigenvalue weighted by atomic mass is 16.5. The van der Waals surface area contributed by atoms with Crippen molar-refractivity contribution in [3.05, 3.63) is 0 Å². The highest BCUT2D eigenvalue weighted by Crippen LogP contribution is 1.94. The minimum Gasteiger partial charge on any atom is -0.467 e. The normalized spacial score (nSPS) is 17.1. The number of amides is 2. The molecule has 2 amide bonds. The molecule has 0 aromatic heterocycles. The Morgan fingerprint density at radius 1 is 1.36 bits per heavy atom. The quantitative estimate of drug-likeness (QED) is 0.403. The number of esters is 1. The topological polar surface area (TPSA) is 96.9 Å². The number of hydrogen-bond donors (Lipinski definition) is 2. The molecule has 7 heteroatoms. The maximum absolute atomic E-state index is 10.9. The average Bonchev–Trinajstić information content (AvgIpc) is 2.44. The molecule has 0 spiro atoms. The van der Waals surface area contributed by atoms with Gasteiger partial charge in [0.2, 0.25) is 5.96 Å². The van der Waals surface area contributed by atoms with Gasteiger partial charge in [-0.15, -0.1) is 0 Å². The van der Waals surface area contributed by atoms with Gasteiger partial charge in [0.1, 0.15) is 6.04 Å². The molecule has 0 saturated carbocycles. The van der Waals surface area contributed by atoms with Gasteiger partial charge in [-0.2, -0.15) is 0 Å². The third kappa shape index (κ3) is 2.06. The summed E-state index contributed by atoms with van der Waals surface area (Å²) in [7, 11) is 1.23. The van der Waals surface area contributed by atoms with Gasteiger partial charge in [0.15, 0.2) is 0 Å². The van der Waals surface area contributed by atoms with Gasteiger partial charge in [0.05, 0.1) is 7.11 Å². The Hall–Kier alpha value is -1.92. The molecule has 1 fully saturated rings. The van der Waals surface area contributed by atoms with Crippen molar-refractivity contribution in [3.63, 3.8) is 0 Å². The van der Waals surface area contributed by atoms with Gasteiger partial charge in [-0.05, 0) is 6.92 Å². The summed E-state index contributed by atoms with van der Waals surface area (Å²) >= 11 is 0. The summed E-state index contributed by atoms with van der Waals surface area (Å²) in [5, 5.41) is 4.31. The number of ether oxygens (including phenoxy) is 1. The molecular formula is C7H9N3O4. The number of guanidine groups is 1. The second-order valence-corrected chi connectivity index (χ2v) is 2.59. The third-order valence-corrected chi connectivity index (χ3v) is 1.54. The van der Waals surface area contributed by atoms with Crippen molar-refractivity contribution >= 4 is 23.7 Å². The molecule has 14 heavy (non-hydrogen) atoms. The van der Waals surface area contributed by atoms with E-state index < -0.39 is 23.8 Å². The van der Waals surface area contributed by atoms with Gasteiger partial charge < -0.3 is 4.74 Å². The van der Waals surface area contributed by atoms with Crippen LogP contribution in [0.15, 0.2) is 4.99 Å². The number of rotatable bonds is 2. The molecule has 1 heterocycles. The van der Waals surface area contributed by atoms with Gasteiger partial charge in [0.25, 0.3) is 0 Å². The SMILES string of the molecule is COC(=O)C(C)N=C1NC(=O)C(=O)N1. The first-order valence-corrected chi connectivity index (χ1v) is 3.82. The highest BCUT2D eigenvalue weighted by molar-refractivity contribution is 6.45. The maximum Gasteiger partial charge on any atom is 0.330 e. The molecule has 1 atom stereocenters. The zero-order chi connectivity index (χ0) is 10.7. The number of aliphatic imine (C=N–C) groups is 1. The number of carbonyl (C=O) groups is 3. The van der Waals surface area contributed by atoms with Crippen molar-refractivity contribution in [2.24, 2.45) is 4.99 Å². The average molecular weight is 199 g/mol. The van der Waals surface area contributed by atoms with Crippen molar-refractivity contribution < 1.29 is 19.1 Å². The number of nitrogens with zero attached hydrogens (tertiary/aromatic N) is 1. The zero-order valence-electron chi connectivity index (χ0n) is 7.66. The van der Waals surface area contributed by atoms with E-state index in [0.29, 0.717) is 0 Å². The Bertz CT molecular complexity index is 305. The first-order chi connectivity index (χ1) is 6.54. The molecule has 0 aliphatic carbocycles. The number of methoxy groups -OCH3 is 1. The second kappa shape index (κ2) is 3.86. The smallest absolute Gasteiger partial charge is 0.330 e. The van der Waals surface area contributed by atoms with Crippen LogP contribution in [0.2, 0.25) is 0 Å². The Morgan fingerprint density at radius 2 is 1.86 bits per heavy atom. The van der Waals surface area contributed by atoms with E-state index in [1.807, 2.05) is 0 Å². The van der Waals surface area contributed by atoms with Crippen LogP contribution in [0.25, 0.3) is 0 Å². The zero-order valence-corrected chi connectivity index (χ0v) is 7.66. The predicted octanol–water partition coefficient (Wildman–Crippen LogP) is -1.85.